The summed E-state index contributed by atoms with van der Waals surface area (Å²) in [5.41, 5.74) is -0.519. The Labute approximate surface area is 111 Å². The van der Waals surface area contributed by atoms with Crippen molar-refractivity contribution in [2.75, 3.05) is 53.0 Å². The summed E-state index contributed by atoms with van der Waals surface area (Å²) < 4.78 is 5.31. The van der Waals surface area contributed by atoms with Gasteiger partial charge in [0.15, 0.2) is 0 Å². The summed E-state index contributed by atoms with van der Waals surface area (Å²) in [7, 11) is 2.12. The molecule has 106 valence electrons. The van der Waals surface area contributed by atoms with Gasteiger partial charge in [-0.05, 0) is 33.0 Å². The minimum absolute atomic E-state index is 0.519. The van der Waals surface area contributed by atoms with Crippen LogP contribution in [0.1, 0.15) is 32.1 Å². The first-order valence-electron chi connectivity index (χ1n) is 7.39. The number of hydrogen-bond acceptors (Lipinski definition) is 4. The third-order valence-corrected chi connectivity index (χ3v) is 4.23. The van der Waals surface area contributed by atoms with Crippen molar-refractivity contribution in [2.24, 2.45) is 0 Å². The Morgan fingerprint density at radius 1 is 1.17 bits per heavy atom. The van der Waals surface area contributed by atoms with Gasteiger partial charge in [-0.2, -0.15) is 0 Å². The van der Waals surface area contributed by atoms with Crippen molar-refractivity contribution in [2.45, 2.75) is 37.7 Å². The van der Waals surface area contributed by atoms with Crippen LogP contribution in [-0.2, 0) is 4.74 Å². The predicted molar refractivity (Wildman–Crippen MR) is 72.8 cm³/mol. The van der Waals surface area contributed by atoms with Crippen LogP contribution in [0.4, 0.5) is 0 Å². The third-order valence-electron chi connectivity index (χ3n) is 4.23. The molecular weight excluding hydrogens is 228 g/mol. The van der Waals surface area contributed by atoms with Crippen molar-refractivity contribution >= 4 is 0 Å². The van der Waals surface area contributed by atoms with Crippen molar-refractivity contribution in [3.63, 3.8) is 0 Å². The first kappa shape index (κ1) is 14.3. The van der Waals surface area contributed by atoms with E-state index in [1.807, 2.05) is 0 Å². The van der Waals surface area contributed by atoms with Crippen LogP contribution in [-0.4, -0.2) is 73.5 Å². The fourth-order valence-electron chi connectivity index (χ4n) is 2.99. The molecule has 2 aliphatic heterocycles. The van der Waals surface area contributed by atoms with Crippen LogP contribution in [0, 0.1) is 0 Å². The van der Waals surface area contributed by atoms with Crippen LogP contribution in [0.15, 0.2) is 0 Å². The zero-order chi connectivity index (χ0) is 12.8. The maximum atomic E-state index is 10.4. The molecule has 4 nitrogen and oxygen atoms in total. The van der Waals surface area contributed by atoms with E-state index in [0.717, 1.165) is 32.5 Å². The molecule has 2 fully saturated rings. The molecule has 0 aliphatic carbocycles. The van der Waals surface area contributed by atoms with Crippen molar-refractivity contribution in [3.05, 3.63) is 0 Å². The molecule has 0 aromatic carbocycles. The third kappa shape index (κ3) is 4.50. The van der Waals surface area contributed by atoms with Gasteiger partial charge >= 0.3 is 0 Å². The van der Waals surface area contributed by atoms with Crippen LogP contribution in [0.5, 0.6) is 0 Å². The van der Waals surface area contributed by atoms with Crippen LogP contribution >= 0.6 is 0 Å². The molecule has 0 spiro atoms. The van der Waals surface area contributed by atoms with E-state index in [9.17, 15) is 5.11 Å². The average molecular weight is 256 g/mol. The van der Waals surface area contributed by atoms with Gasteiger partial charge in [0, 0.05) is 45.7 Å². The van der Waals surface area contributed by atoms with Crippen LogP contribution in [0.3, 0.4) is 0 Å². The number of hydrogen-bond donors (Lipinski definition) is 1. The number of nitrogens with zero attached hydrogens (tertiary/aromatic N) is 2. The van der Waals surface area contributed by atoms with Gasteiger partial charge in [0.2, 0.25) is 0 Å². The van der Waals surface area contributed by atoms with Gasteiger partial charge in [-0.15, -0.1) is 0 Å². The highest BCUT2D eigenvalue weighted by molar-refractivity contribution is 4.84. The molecule has 2 aliphatic rings. The standard InChI is InChI=1S/C14H28N2O2/c1-15(9-10-16-7-3-2-4-8-16)13-14(17)5-11-18-12-6-14/h17H,2-13H2,1H3. The maximum Gasteiger partial charge on any atom is 0.0817 e. The second kappa shape index (κ2) is 6.85. The summed E-state index contributed by atoms with van der Waals surface area (Å²) in [4.78, 5) is 4.83. The van der Waals surface area contributed by atoms with Crippen LogP contribution in [0.2, 0.25) is 0 Å². The lowest BCUT2D eigenvalue weighted by atomic mass is 9.94. The Kier molecular flexibility index (Phi) is 5.42. The number of likely N-dealkylation sites (tertiary alicyclic amines) is 1. The second-order valence-electron chi connectivity index (χ2n) is 5.98. The van der Waals surface area contributed by atoms with E-state index < -0.39 is 5.60 Å². The smallest absolute Gasteiger partial charge is 0.0817 e. The molecule has 2 heterocycles. The van der Waals surface area contributed by atoms with Crippen molar-refractivity contribution < 1.29 is 9.84 Å². The van der Waals surface area contributed by atoms with Gasteiger partial charge < -0.3 is 19.6 Å². The molecule has 1 N–H and O–H groups in total. The highest BCUT2D eigenvalue weighted by Gasteiger charge is 2.30. The fraction of sp³-hybridized carbons (Fsp3) is 1.00. The number of likely N-dealkylation sites (N-methyl/N-ethyl adjacent to an activating group) is 1. The van der Waals surface area contributed by atoms with Gasteiger partial charge in [-0.1, -0.05) is 6.42 Å². The Bertz CT molecular complexity index is 236. The normalized spacial score (nSPS) is 25.5. The van der Waals surface area contributed by atoms with Crippen LogP contribution < -0.4 is 0 Å². The summed E-state index contributed by atoms with van der Waals surface area (Å²) in [6.45, 7) is 6.90. The molecule has 0 amide bonds. The largest absolute Gasteiger partial charge is 0.388 e. The molecule has 0 radical (unpaired) electrons. The Balaban J connectivity index is 1.65. The number of aliphatic hydroxyl groups is 1. The zero-order valence-electron chi connectivity index (χ0n) is 11.7. The van der Waals surface area contributed by atoms with Crippen molar-refractivity contribution in [1.29, 1.82) is 0 Å². The van der Waals surface area contributed by atoms with Gasteiger partial charge in [-0.3, -0.25) is 0 Å². The Hall–Kier alpha value is -0.160. The topological polar surface area (TPSA) is 35.9 Å². The molecule has 0 saturated carbocycles. The lowest BCUT2D eigenvalue weighted by Gasteiger charge is -2.36. The summed E-state index contributed by atoms with van der Waals surface area (Å²) in [5, 5.41) is 10.4. The first-order chi connectivity index (χ1) is 8.68. The van der Waals surface area contributed by atoms with E-state index in [2.05, 4.69) is 16.8 Å². The molecule has 0 aromatic heterocycles. The fourth-order valence-corrected chi connectivity index (χ4v) is 2.99. The first-order valence-corrected chi connectivity index (χ1v) is 7.39. The predicted octanol–water partition coefficient (Wildman–Crippen LogP) is 0.946. The van der Waals surface area contributed by atoms with Crippen LogP contribution in [0.25, 0.3) is 0 Å². The van der Waals surface area contributed by atoms with E-state index in [1.54, 1.807) is 0 Å². The molecule has 4 heteroatoms. The van der Waals surface area contributed by atoms with Gasteiger partial charge in [0.1, 0.15) is 0 Å². The summed E-state index contributed by atoms with van der Waals surface area (Å²) in [5.74, 6) is 0. The van der Waals surface area contributed by atoms with Gasteiger partial charge in [0.25, 0.3) is 0 Å². The lowest BCUT2D eigenvalue weighted by molar-refractivity contribution is -0.0773. The number of ether oxygens (including phenoxy) is 1. The van der Waals surface area contributed by atoms with Crippen molar-refractivity contribution in [1.82, 2.24) is 9.80 Å². The Morgan fingerprint density at radius 2 is 1.83 bits per heavy atom. The van der Waals surface area contributed by atoms with E-state index in [-0.39, 0.29) is 0 Å². The second-order valence-corrected chi connectivity index (χ2v) is 5.98. The zero-order valence-corrected chi connectivity index (χ0v) is 11.7. The maximum absolute atomic E-state index is 10.4. The molecular formula is C14H28N2O2. The minimum Gasteiger partial charge on any atom is -0.388 e. The summed E-state index contributed by atoms with van der Waals surface area (Å²) in [6, 6.07) is 0. The van der Waals surface area contributed by atoms with E-state index in [0.29, 0.717) is 13.2 Å². The highest BCUT2D eigenvalue weighted by atomic mass is 16.5. The molecule has 18 heavy (non-hydrogen) atoms. The molecule has 2 rings (SSSR count). The van der Waals surface area contributed by atoms with E-state index >= 15 is 0 Å². The average Bonchev–Trinajstić information content (AvgIpc) is 2.38. The number of rotatable bonds is 5. The quantitative estimate of drug-likeness (QED) is 0.794. The minimum atomic E-state index is -0.519. The molecule has 0 unspecified atom stereocenters. The lowest BCUT2D eigenvalue weighted by Crippen LogP contribution is -2.47. The SMILES string of the molecule is CN(CCN1CCCCC1)CC1(O)CCOCC1. The monoisotopic (exact) mass is 256 g/mol. The summed E-state index contributed by atoms with van der Waals surface area (Å²) >= 11 is 0. The molecule has 0 atom stereocenters. The Morgan fingerprint density at radius 3 is 2.50 bits per heavy atom. The molecule has 0 aromatic rings. The highest BCUT2D eigenvalue weighted by Crippen LogP contribution is 2.21. The van der Waals surface area contributed by atoms with Gasteiger partial charge in [-0.25, -0.2) is 0 Å². The molecule has 2 saturated heterocycles. The number of piperidine rings is 1. The van der Waals surface area contributed by atoms with E-state index in [4.69, 9.17) is 4.74 Å². The summed E-state index contributed by atoms with van der Waals surface area (Å²) in [6.07, 6.45) is 5.66. The van der Waals surface area contributed by atoms with Crippen molar-refractivity contribution in [3.8, 4) is 0 Å². The van der Waals surface area contributed by atoms with E-state index in [1.165, 1.54) is 32.4 Å². The molecule has 0 bridgehead atoms. The van der Waals surface area contributed by atoms with Gasteiger partial charge in [0.05, 0.1) is 5.60 Å².